The lowest BCUT2D eigenvalue weighted by Crippen LogP contribution is -2.46. The standard InChI is InChI=1S/C6H13N3O/c1-2-8-9(4-1)6-7-3-5-10-6/h6-8H,1-5H2. The Kier molecular flexibility index (Phi) is 1.86. The van der Waals surface area contributed by atoms with E-state index in [-0.39, 0.29) is 6.35 Å². The molecule has 1 atom stereocenters. The summed E-state index contributed by atoms with van der Waals surface area (Å²) >= 11 is 0. The van der Waals surface area contributed by atoms with E-state index in [4.69, 9.17) is 4.74 Å². The molecular formula is C6H13N3O. The Morgan fingerprint density at radius 2 is 2.40 bits per heavy atom. The summed E-state index contributed by atoms with van der Waals surface area (Å²) in [5.74, 6) is 0. The van der Waals surface area contributed by atoms with Gasteiger partial charge in [0.1, 0.15) is 0 Å². The molecule has 0 aromatic carbocycles. The molecular weight excluding hydrogens is 130 g/mol. The van der Waals surface area contributed by atoms with Crippen molar-refractivity contribution in [3.05, 3.63) is 0 Å². The van der Waals surface area contributed by atoms with Crippen molar-refractivity contribution in [1.29, 1.82) is 0 Å². The number of hydrazine groups is 1. The van der Waals surface area contributed by atoms with Crippen LogP contribution in [-0.2, 0) is 4.74 Å². The van der Waals surface area contributed by atoms with Crippen LogP contribution in [0.3, 0.4) is 0 Å². The van der Waals surface area contributed by atoms with Crippen LogP contribution >= 0.6 is 0 Å². The van der Waals surface area contributed by atoms with Crippen molar-refractivity contribution in [2.45, 2.75) is 12.8 Å². The Morgan fingerprint density at radius 1 is 1.40 bits per heavy atom. The third-order valence-corrected chi connectivity index (χ3v) is 1.87. The average molecular weight is 143 g/mol. The molecule has 1 unspecified atom stereocenters. The van der Waals surface area contributed by atoms with Crippen molar-refractivity contribution in [2.75, 3.05) is 26.2 Å². The van der Waals surface area contributed by atoms with E-state index in [1.54, 1.807) is 0 Å². The summed E-state index contributed by atoms with van der Waals surface area (Å²) in [6.45, 7) is 3.99. The molecule has 2 aliphatic heterocycles. The fourth-order valence-corrected chi connectivity index (χ4v) is 1.36. The van der Waals surface area contributed by atoms with E-state index in [9.17, 15) is 0 Å². The summed E-state index contributed by atoms with van der Waals surface area (Å²) in [6, 6.07) is 0. The summed E-state index contributed by atoms with van der Waals surface area (Å²) in [6.07, 6.45) is 1.35. The van der Waals surface area contributed by atoms with Gasteiger partial charge in [-0.05, 0) is 6.42 Å². The number of nitrogens with one attached hydrogen (secondary N) is 2. The molecule has 10 heavy (non-hydrogen) atoms. The zero-order chi connectivity index (χ0) is 6.81. The van der Waals surface area contributed by atoms with Crippen molar-refractivity contribution < 1.29 is 4.74 Å². The minimum Gasteiger partial charge on any atom is -0.347 e. The monoisotopic (exact) mass is 143 g/mol. The highest BCUT2D eigenvalue weighted by Gasteiger charge is 2.24. The van der Waals surface area contributed by atoms with Crippen molar-refractivity contribution in [3.8, 4) is 0 Å². The molecule has 58 valence electrons. The first-order chi connectivity index (χ1) is 4.97. The van der Waals surface area contributed by atoms with E-state index in [1.807, 2.05) is 0 Å². The van der Waals surface area contributed by atoms with Crippen LogP contribution in [0, 0.1) is 0 Å². The van der Waals surface area contributed by atoms with Gasteiger partial charge in [-0.3, -0.25) is 10.7 Å². The Morgan fingerprint density at radius 3 is 3.00 bits per heavy atom. The van der Waals surface area contributed by atoms with Gasteiger partial charge in [-0.25, -0.2) is 5.01 Å². The van der Waals surface area contributed by atoms with Crippen LogP contribution in [-0.4, -0.2) is 37.6 Å². The van der Waals surface area contributed by atoms with Crippen LogP contribution in [0.5, 0.6) is 0 Å². The number of hydrogen-bond donors (Lipinski definition) is 2. The Bertz CT molecular complexity index is 93.6. The third-order valence-electron chi connectivity index (χ3n) is 1.87. The number of nitrogens with zero attached hydrogens (tertiary/aromatic N) is 1. The van der Waals surface area contributed by atoms with Crippen LogP contribution in [0.4, 0.5) is 0 Å². The largest absolute Gasteiger partial charge is 0.347 e. The molecule has 0 aromatic rings. The molecule has 2 N–H and O–H groups in total. The Hall–Kier alpha value is -0.160. The SMILES string of the molecule is C1CNN(C2NCCO2)C1. The minimum absolute atomic E-state index is 0.127. The first kappa shape index (κ1) is 6.54. The summed E-state index contributed by atoms with van der Waals surface area (Å²) < 4.78 is 5.39. The molecule has 2 aliphatic rings. The number of rotatable bonds is 1. The highest BCUT2D eigenvalue weighted by molar-refractivity contribution is 4.68. The lowest BCUT2D eigenvalue weighted by molar-refractivity contribution is -0.0432. The fourth-order valence-electron chi connectivity index (χ4n) is 1.36. The maximum Gasteiger partial charge on any atom is 0.178 e. The number of hydrogen-bond acceptors (Lipinski definition) is 4. The molecule has 4 nitrogen and oxygen atoms in total. The fraction of sp³-hybridized carbons (Fsp3) is 1.00. The highest BCUT2D eigenvalue weighted by atomic mass is 16.5. The average Bonchev–Trinajstić information content (AvgIpc) is 2.59. The first-order valence-corrected chi connectivity index (χ1v) is 3.82. The van der Waals surface area contributed by atoms with Gasteiger partial charge in [0.25, 0.3) is 0 Å². The van der Waals surface area contributed by atoms with Gasteiger partial charge in [-0.2, -0.15) is 0 Å². The Labute approximate surface area is 60.5 Å². The molecule has 0 spiro atoms. The molecule has 2 fully saturated rings. The van der Waals surface area contributed by atoms with Gasteiger partial charge in [-0.1, -0.05) is 0 Å². The highest BCUT2D eigenvalue weighted by Crippen LogP contribution is 2.04. The normalized spacial score (nSPS) is 35.4. The van der Waals surface area contributed by atoms with E-state index in [1.165, 1.54) is 6.42 Å². The van der Waals surface area contributed by atoms with E-state index in [2.05, 4.69) is 15.8 Å². The maximum absolute atomic E-state index is 5.39. The summed E-state index contributed by atoms with van der Waals surface area (Å²) in [7, 11) is 0. The van der Waals surface area contributed by atoms with Gasteiger partial charge in [0.15, 0.2) is 6.35 Å². The van der Waals surface area contributed by atoms with Crippen LogP contribution in [0.25, 0.3) is 0 Å². The number of ether oxygens (including phenoxy) is 1. The van der Waals surface area contributed by atoms with Crippen molar-refractivity contribution >= 4 is 0 Å². The van der Waals surface area contributed by atoms with E-state index < -0.39 is 0 Å². The van der Waals surface area contributed by atoms with E-state index in [0.717, 1.165) is 26.2 Å². The summed E-state index contributed by atoms with van der Waals surface area (Å²) in [4.78, 5) is 0. The third kappa shape index (κ3) is 1.15. The Balaban J connectivity index is 1.85. The molecule has 0 aliphatic carbocycles. The van der Waals surface area contributed by atoms with Gasteiger partial charge >= 0.3 is 0 Å². The molecule has 2 rings (SSSR count). The van der Waals surface area contributed by atoms with Crippen LogP contribution in [0.15, 0.2) is 0 Å². The second kappa shape index (κ2) is 2.84. The summed E-state index contributed by atoms with van der Waals surface area (Å²) in [5, 5.41) is 5.36. The van der Waals surface area contributed by atoms with Gasteiger partial charge in [0.2, 0.25) is 0 Å². The zero-order valence-corrected chi connectivity index (χ0v) is 5.97. The van der Waals surface area contributed by atoms with Gasteiger partial charge in [-0.15, -0.1) is 0 Å². The molecule has 0 bridgehead atoms. The molecule has 4 heteroatoms. The van der Waals surface area contributed by atoms with Crippen LogP contribution in [0.2, 0.25) is 0 Å². The maximum atomic E-state index is 5.39. The van der Waals surface area contributed by atoms with E-state index in [0.29, 0.717) is 0 Å². The van der Waals surface area contributed by atoms with Crippen molar-refractivity contribution in [1.82, 2.24) is 15.8 Å². The van der Waals surface area contributed by atoms with Gasteiger partial charge in [0.05, 0.1) is 6.61 Å². The topological polar surface area (TPSA) is 36.5 Å². The molecule has 0 amide bonds. The van der Waals surface area contributed by atoms with Crippen molar-refractivity contribution in [2.24, 2.45) is 0 Å². The molecule has 2 saturated heterocycles. The molecule has 0 radical (unpaired) electrons. The van der Waals surface area contributed by atoms with Crippen LogP contribution < -0.4 is 10.7 Å². The second-order valence-corrected chi connectivity index (χ2v) is 2.63. The summed E-state index contributed by atoms with van der Waals surface area (Å²) in [5.41, 5.74) is 3.24. The first-order valence-electron chi connectivity index (χ1n) is 3.82. The lowest BCUT2D eigenvalue weighted by Gasteiger charge is -2.21. The van der Waals surface area contributed by atoms with Gasteiger partial charge in [0, 0.05) is 19.6 Å². The lowest BCUT2D eigenvalue weighted by atomic mass is 10.5. The van der Waals surface area contributed by atoms with E-state index >= 15 is 0 Å². The molecule has 0 saturated carbocycles. The predicted molar refractivity (Wildman–Crippen MR) is 37.1 cm³/mol. The second-order valence-electron chi connectivity index (χ2n) is 2.63. The quantitative estimate of drug-likeness (QED) is 0.499. The smallest absolute Gasteiger partial charge is 0.178 e. The molecule has 2 heterocycles. The zero-order valence-electron chi connectivity index (χ0n) is 5.97. The van der Waals surface area contributed by atoms with Crippen LogP contribution in [0.1, 0.15) is 6.42 Å². The predicted octanol–water partition coefficient (Wildman–Crippen LogP) is -0.900. The van der Waals surface area contributed by atoms with Gasteiger partial charge < -0.3 is 4.74 Å². The minimum atomic E-state index is 0.127. The van der Waals surface area contributed by atoms with Crippen molar-refractivity contribution in [3.63, 3.8) is 0 Å². The molecule has 0 aromatic heterocycles.